The predicted molar refractivity (Wildman–Crippen MR) is 139 cm³/mol. The number of ether oxygens (including phenoxy) is 1. The highest BCUT2D eigenvalue weighted by Gasteiger charge is 2.28. The Labute approximate surface area is 208 Å². The quantitative estimate of drug-likeness (QED) is 0.400. The van der Waals surface area contributed by atoms with Crippen molar-refractivity contribution in [3.63, 3.8) is 0 Å². The summed E-state index contributed by atoms with van der Waals surface area (Å²) in [5, 5.41) is 5.94. The predicted octanol–water partition coefficient (Wildman–Crippen LogP) is 5.38. The van der Waals surface area contributed by atoms with Crippen LogP contribution in [0.4, 0.5) is 11.4 Å². The van der Waals surface area contributed by atoms with Crippen molar-refractivity contribution >= 4 is 34.5 Å². The van der Waals surface area contributed by atoms with Gasteiger partial charge in [-0.05, 0) is 60.9 Å². The van der Waals surface area contributed by atoms with Crippen molar-refractivity contribution < 1.29 is 14.3 Å². The molecule has 1 aliphatic heterocycles. The molecule has 3 aromatic carbocycles. The molecule has 6 nitrogen and oxygen atoms in total. The van der Waals surface area contributed by atoms with Gasteiger partial charge in [-0.25, -0.2) is 4.98 Å². The molecular formula is C28H25N3O3S. The van der Waals surface area contributed by atoms with E-state index in [0.29, 0.717) is 11.4 Å². The fraction of sp³-hybridized carbons (Fsp3) is 0.179. The largest absolute Gasteiger partial charge is 0.482 e. The molecular weight excluding hydrogens is 458 g/mol. The summed E-state index contributed by atoms with van der Waals surface area (Å²) in [6, 6.07) is 21.7. The number of thiazole rings is 1. The lowest BCUT2D eigenvalue weighted by atomic mass is 10.1. The number of nitrogens with zero attached hydrogens (tertiary/aromatic N) is 2. The first kappa shape index (κ1) is 22.8. The van der Waals surface area contributed by atoms with Crippen LogP contribution < -0.4 is 15.0 Å². The molecule has 0 saturated heterocycles. The van der Waals surface area contributed by atoms with Crippen LogP contribution in [0.2, 0.25) is 0 Å². The third kappa shape index (κ3) is 5.25. The molecule has 2 amide bonds. The molecule has 2 heterocycles. The maximum atomic E-state index is 12.8. The molecule has 0 saturated carbocycles. The number of carbonyl (C=O) groups excluding carboxylic acids is 2. The number of rotatable bonds is 6. The molecule has 1 aliphatic rings. The number of hydrogen-bond donors (Lipinski definition) is 1. The Morgan fingerprint density at radius 1 is 1.06 bits per heavy atom. The van der Waals surface area contributed by atoms with E-state index in [0.717, 1.165) is 39.5 Å². The number of aromatic nitrogens is 1. The molecule has 0 aliphatic carbocycles. The lowest BCUT2D eigenvalue weighted by molar-refractivity contribution is -0.123. The Morgan fingerprint density at radius 2 is 1.83 bits per heavy atom. The van der Waals surface area contributed by atoms with Gasteiger partial charge in [-0.3, -0.25) is 14.5 Å². The lowest BCUT2D eigenvalue weighted by Crippen LogP contribution is -2.43. The van der Waals surface area contributed by atoms with Gasteiger partial charge >= 0.3 is 0 Å². The molecule has 4 aromatic rings. The Hall–Kier alpha value is -3.97. The molecule has 0 radical (unpaired) electrons. The summed E-state index contributed by atoms with van der Waals surface area (Å²) in [6.07, 6.45) is 0.767. The average Bonchev–Trinajstić information content (AvgIpc) is 3.29. The highest BCUT2D eigenvalue weighted by molar-refractivity contribution is 7.10. The minimum atomic E-state index is -0.264. The highest BCUT2D eigenvalue weighted by Crippen LogP contribution is 2.36. The SMILES string of the molecule is Cc1cc(C)cc(NC(=O)CN2C(=O)COc3ccc(-c4csc(Cc5ccccc5)n4)cc32)c1. The van der Waals surface area contributed by atoms with E-state index in [4.69, 9.17) is 9.72 Å². The van der Waals surface area contributed by atoms with Gasteiger partial charge in [-0.2, -0.15) is 0 Å². The molecule has 0 fully saturated rings. The van der Waals surface area contributed by atoms with Gasteiger partial charge in [0.1, 0.15) is 12.3 Å². The first-order chi connectivity index (χ1) is 16.9. The zero-order valence-electron chi connectivity index (χ0n) is 19.6. The maximum absolute atomic E-state index is 12.8. The Kier molecular flexibility index (Phi) is 6.33. The minimum absolute atomic E-state index is 0.0953. The second-order valence-corrected chi connectivity index (χ2v) is 9.61. The molecule has 0 spiro atoms. The number of nitrogens with one attached hydrogen (secondary N) is 1. The van der Waals surface area contributed by atoms with E-state index in [-0.39, 0.29) is 25.0 Å². The van der Waals surface area contributed by atoms with Crippen LogP contribution in [0.1, 0.15) is 21.7 Å². The molecule has 35 heavy (non-hydrogen) atoms. The zero-order valence-corrected chi connectivity index (χ0v) is 20.4. The Morgan fingerprint density at radius 3 is 2.60 bits per heavy atom. The number of benzene rings is 3. The van der Waals surface area contributed by atoms with Gasteiger partial charge in [-0.1, -0.05) is 36.4 Å². The number of anilines is 2. The van der Waals surface area contributed by atoms with Crippen molar-refractivity contribution in [2.24, 2.45) is 0 Å². The molecule has 1 N–H and O–H groups in total. The summed E-state index contributed by atoms with van der Waals surface area (Å²) in [5.41, 5.74) is 6.33. The lowest BCUT2D eigenvalue weighted by Gasteiger charge is -2.29. The van der Waals surface area contributed by atoms with Gasteiger partial charge in [0, 0.05) is 23.1 Å². The first-order valence-corrected chi connectivity index (χ1v) is 12.3. The third-order valence-electron chi connectivity index (χ3n) is 5.75. The van der Waals surface area contributed by atoms with Crippen molar-refractivity contribution in [3.05, 3.63) is 93.8 Å². The van der Waals surface area contributed by atoms with Crippen LogP contribution in [0, 0.1) is 13.8 Å². The van der Waals surface area contributed by atoms with Crippen molar-refractivity contribution in [1.29, 1.82) is 0 Å². The van der Waals surface area contributed by atoms with E-state index >= 15 is 0 Å². The van der Waals surface area contributed by atoms with Crippen molar-refractivity contribution in [2.75, 3.05) is 23.4 Å². The van der Waals surface area contributed by atoms with Crippen molar-refractivity contribution in [3.8, 4) is 17.0 Å². The van der Waals surface area contributed by atoms with E-state index in [1.54, 1.807) is 11.3 Å². The van der Waals surface area contributed by atoms with Crippen LogP contribution in [-0.4, -0.2) is 29.9 Å². The summed E-state index contributed by atoms with van der Waals surface area (Å²) < 4.78 is 5.63. The van der Waals surface area contributed by atoms with Crippen LogP contribution in [-0.2, 0) is 16.0 Å². The Bertz CT molecular complexity index is 1380. The monoisotopic (exact) mass is 483 g/mol. The van der Waals surface area contributed by atoms with Crippen LogP contribution in [0.3, 0.4) is 0 Å². The summed E-state index contributed by atoms with van der Waals surface area (Å²) in [5.74, 6) is 0.0564. The van der Waals surface area contributed by atoms with Crippen molar-refractivity contribution in [1.82, 2.24) is 4.98 Å². The number of amides is 2. The summed E-state index contributed by atoms with van der Waals surface area (Å²) in [4.78, 5) is 31.8. The summed E-state index contributed by atoms with van der Waals surface area (Å²) in [6.45, 7) is 3.77. The van der Waals surface area contributed by atoms with Gasteiger partial charge in [0.25, 0.3) is 5.91 Å². The second kappa shape index (κ2) is 9.72. The first-order valence-electron chi connectivity index (χ1n) is 11.4. The van der Waals surface area contributed by atoms with Crippen LogP contribution in [0.15, 0.2) is 72.1 Å². The smallest absolute Gasteiger partial charge is 0.265 e. The molecule has 0 bridgehead atoms. The van der Waals surface area contributed by atoms with Gasteiger partial charge in [-0.15, -0.1) is 11.3 Å². The molecule has 176 valence electrons. The fourth-order valence-corrected chi connectivity index (χ4v) is 5.06. The summed E-state index contributed by atoms with van der Waals surface area (Å²) in [7, 11) is 0. The number of fused-ring (bicyclic) bond motifs is 1. The number of aryl methyl sites for hydroxylation is 2. The van der Waals surface area contributed by atoms with E-state index in [1.165, 1.54) is 10.5 Å². The van der Waals surface area contributed by atoms with Crippen molar-refractivity contribution in [2.45, 2.75) is 20.3 Å². The van der Waals surface area contributed by atoms with E-state index in [9.17, 15) is 9.59 Å². The van der Waals surface area contributed by atoms with Gasteiger partial charge in [0.05, 0.1) is 16.4 Å². The fourth-order valence-electron chi connectivity index (χ4n) is 4.22. The maximum Gasteiger partial charge on any atom is 0.265 e. The van der Waals surface area contributed by atoms with E-state index < -0.39 is 0 Å². The minimum Gasteiger partial charge on any atom is -0.482 e. The zero-order chi connectivity index (χ0) is 24.4. The van der Waals surface area contributed by atoms with Crippen LogP contribution in [0.5, 0.6) is 5.75 Å². The van der Waals surface area contributed by atoms with Gasteiger partial charge in [0.2, 0.25) is 5.91 Å². The number of hydrogen-bond acceptors (Lipinski definition) is 5. The van der Waals surface area contributed by atoms with E-state index in [1.807, 2.05) is 73.8 Å². The van der Waals surface area contributed by atoms with Gasteiger partial charge < -0.3 is 10.1 Å². The van der Waals surface area contributed by atoms with Gasteiger partial charge in [0.15, 0.2) is 6.61 Å². The number of carbonyl (C=O) groups is 2. The molecule has 5 rings (SSSR count). The standard InChI is InChI=1S/C28H25N3O3S/c1-18-10-19(2)12-22(11-18)29-26(32)15-31-24-14-21(8-9-25(24)34-16-28(31)33)23-17-35-27(30-23)13-20-6-4-3-5-7-20/h3-12,14,17H,13,15-16H2,1-2H3,(H,29,32). The molecule has 0 unspecified atom stereocenters. The molecule has 1 aromatic heterocycles. The second-order valence-electron chi connectivity index (χ2n) is 8.66. The summed E-state index contributed by atoms with van der Waals surface area (Å²) >= 11 is 1.61. The van der Waals surface area contributed by atoms with E-state index in [2.05, 4.69) is 17.4 Å². The molecule has 0 atom stereocenters. The van der Waals surface area contributed by atoms with Crippen LogP contribution >= 0.6 is 11.3 Å². The van der Waals surface area contributed by atoms with Crippen LogP contribution in [0.25, 0.3) is 11.3 Å². The molecule has 7 heteroatoms. The normalized spacial score (nSPS) is 12.7. The Balaban J connectivity index is 1.36. The highest BCUT2D eigenvalue weighted by atomic mass is 32.1. The topological polar surface area (TPSA) is 71.5 Å². The average molecular weight is 484 g/mol. The third-order valence-corrected chi connectivity index (χ3v) is 6.60.